The molecule has 1 aromatic carbocycles. The van der Waals surface area contributed by atoms with Crippen molar-refractivity contribution in [2.45, 2.75) is 65.3 Å². The van der Waals surface area contributed by atoms with Gasteiger partial charge in [0.15, 0.2) is 5.78 Å². The van der Waals surface area contributed by atoms with Crippen molar-refractivity contribution in [1.82, 2.24) is 0 Å². The van der Waals surface area contributed by atoms with Crippen LogP contribution >= 0.6 is 11.3 Å². The summed E-state index contributed by atoms with van der Waals surface area (Å²) in [6.45, 7) is 5.46. The summed E-state index contributed by atoms with van der Waals surface area (Å²) in [5.41, 5.74) is 2.09. The van der Waals surface area contributed by atoms with Gasteiger partial charge in [-0.05, 0) is 44.4 Å². The normalized spacial score (nSPS) is 14.2. The number of Topliss-reactive ketones (excluding diaryl/α,β-unsaturated/α-hetero) is 1. The van der Waals surface area contributed by atoms with Gasteiger partial charge >= 0.3 is 11.8 Å². The Morgan fingerprint density at radius 1 is 1.21 bits per heavy atom. The van der Waals surface area contributed by atoms with Gasteiger partial charge in [0.25, 0.3) is 0 Å². The Labute approximate surface area is 202 Å². The van der Waals surface area contributed by atoms with Crippen LogP contribution in [-0.4, -0.2) is 29.4 Å². The number of rotatable bonds is 9. The molecule has 3 rings (SSSR count). The van der Waals surface area contributed by atoms with E-state index < -0.39 is 11.0 Å². The van der Waals surface area contributed by atoms with Gasteiger partial charge in [-0.15, -0.1) is 21.6 Å². The Balaban J connectivity index is 1.96. The van der Waals surface area contributed by atoms with Crippen LogP contribution in [0.2, 0.25) is 0 Å². The molecule has 34 heavy (non-hydrogen) atoms. The number of nitrogens with zero attached hydrogens (tertiary/aromatic N) is 3. The van der Waals surface area contributed by atoms with Crippen molar-refractivity contribution in [3.8, 4) is 0 Å². The maximum atomic E-state index is 12.2. The smallest absolute Gasteiger partial charge is 0.411 e. The fourth-order valence-corrected chi connectivity index (χ4v) is 4.77. The topological polar surface area (TPSA) is 135 Å². The molecule has 1 aliphatic rings. The zero-order valence-electron chi connectivity index (χ0n) is 19.6. The van der Waals surface area contributed by atoms with Crippen molar-refractivity contribution < 1.29 is 19.2 Å². The fraction of sp³-hybridized carbons (Fsp3) is 0.478. The summed E-state index contributed by atoms with van der Waals surface area (Å²) in [7, 11) is 0. The summed E-state index contributed by atoms with van der Waals surface area (Å²) in [5, 5.41) is 26.0. The Morgan fingerprint density at radius 3 is 2.59 bits per heavy atom. The van der Waals surface area contributed by atoms with E-state index in [4.69, 9.17) is 4.74 Å². The van der Waals surface area contributed by atoms with Gasteiger partial charge < -0.3 is 10.1 Å². The number of amides is 1. The third-order valence-corrected chi connectivity index (χ3v) is 6.69. The van der Waals surface area contributed by atoms with Gasteiger partial charge in [-0.1, -0.05) is 26.2 Å². The van der Waals surface area contributed by atoms with Crippen molar-refractivity contribution in [3.63, 3.8) is 0 Å². The van der Waals surface area contributed by atoms with Crippen LogP contribution in [0.1, 0.15) is 67.6 Å². The van der Waals surface area contributed by atoms with E-state index in [1.807, 2.05) is 13.0 Å². The molecule has 1 aliphatic carbocycles. The van der Waals surface area contributed by atoms with E-state index in [1.54, 1.807) is 19.9 Å². The minimum absolute atomic E-state index is 0.0194. The molecular weight excluding hydrogens is 458 g/mol. The lowest BCUT2D eigenvalue weighted by Gasteiger charge is -2.25. The molecule has 1 saturated carbocycles. The van der Waals surface area contributed by atoms with Crippen molar-refractivity contribution in [1.29, 1.82) is 0 Å². The number of thiophene rings is 1. The molecule has 0 saturated heterocycles. The Morgan fingerprint density at radius 2 is 1.94 bits per heavy atom. The maximum absolute atomic E-state index is 12.2. The van der Waals surface area contributed by atoms with E-state index in [1.165, 1.54) is 25.3 Å². The highest BCUT2D eigenvalue weighted by Gasteiger charge is 2.23. The molecule has 1 aromatic heterocycles. The first-order valence-corrected chi connectivity index (χ1v) is 12.2. The number of carbonyl (C=O) groups is 2. The summed E-state index contributed by atoms with van der Waals surface area (Å²) in [4.78, 5) is 35.3. The lowest BCUT2D eigenvalue weighted by atomic mass is 9.95. The maximum Gasteiger partial charge on any atom is 0.411 e. The van der Waals surface area contributed by atoms with Gasteiger partial charge in [-0.3, -0.25) is 20.2 Å². The zero-order chi connectivity index (χ0) is 24.7. The first kappa shape index (κ1) is 25.3. The van der Waals surface area contributed by atoms with Gasteiger partial charge in [0.1, 0.15) is 5.69 Å². The lowest BCUT2D eigenvalue weighted by Crippen LogP contribution is -2.23. The average molecular weight is 488 g/mol. The largest absolute Gasteiger partial charge is 0.450 e. The minimum Gasteiger partial charge on any atom is -0.450 e. The number of carbonyl (C=O) groups excluding carboxylic acids is 2. The van der Waals surface area contributed by atoms with Crippen molar-refractivity contribution >= 4 is 51.0 Å². The van der Waals surface area contributed by atoms with Crippen LogP contribution in [-0.2, 0) is 4.74 Å². The molecule has 0 bridgehead atoms. The second-order valence-electron chi connectivity index (χ2n) is 7.99. The first-order chi connectivity index (χ1) is 16.3. The molecule has 2 N–H and O–H groups in total. The Bertz CT molecular complexity index is 1090. The number of benzene rings is 1. The molecule has 0 spiro atoms. The Hall–Kier alpha value is -3.34. The highest BCUT2D eigenvalue weighted by atomic mass is 32.1. The minimum atomic E-state index is -0.630. The fourth-order valence-electron chi connectivity index (χ4n) is 3.82. The van der Waals surface area contributed by atoms with E-state index in [-0.39, 0.29) is 34.4 Å². The number of anilines is 2. The molecule has 0 atom stereocenters. The standard InChI is InChI=1S/C23H29N5O5S/c1-4-19(29)20-13-18(28(31)32)22(34-20)27-26-17-12-11-16(24-15-9-7-6-8-10-15)14(3)21(17)25-23(30)33-5-2/h11-13,15,24H,4-10H2,1-3H3,(H,25,30). The van der Waals surface area contributed by atoms with E-state index in [0.717, 1.165) is 35.4 Å². The third kappa shape index (κ3) is 6.16. The average Bonchev–Trinajstić information content (AvgIpc) is 3.26. The van der Waals surface area contributed by atoms with Crippen LogP contribution in [0.15, 0.2) is 28.4 Å². The van der Waals surface area contributed by atoms with Crippen LogP contribution in [0, 0.1) is 17.0 Å². The zero-order valence-corrected chi connectivity index (χ0v) is 20.4. The van der Waals surface area contributed by atoms with E-state index in [0.29, 0.717) is 17.4 Å². The predicted molar refractivity (Wildman–Crippen MR) is 132 cm³/mol. The number of ether oxygens (including phenoxy) is 1. The number of hydrogen-bond acceptors (Lipinski definition) is 9. The van der Waals surface area contributed by atoms with Crippen LogP contribution in [0.25, 0.3) is 0 Å². The second kappa shape index (κ2) is 11.7. The van der Waals surface area contributed by atoms with Crippen LogP contribution in [0.5, 0.6) is 0 Å². The highest BCUT2D eigenvalue weighted by molar-refractivity contribution is 7.18. The Kier molecular flexibility index (Phi) is 8.69. The molecule has 2 aromatic rings. The van der Waals surface area contributed by atoms with E-state index in [9.17, 15) is 19.7 Å². The van der Waals surface area contributed by atoms with Gasteiger partial charge in [0.2, 0.25) is 5.00 Å². The van der Waals surface area contributed by atoms with E-state index in [2.05, 4.69) is 20.9 Å². The number of ketones is 1. The quantitative estimate of drug-likeness (QED) is 0.165. The van der Waals surface area contributed by atoms with E-state index >= 15 is 0 Å². The third-order valence-electron chi connectivity index (χ3n) is 5.65. The van der Waals surface area contributed by atoms with Crippen molar-refractivity contribution in [3.05, 3.63) is 38.8 Å². The van der Waals surface area contributed by atoms with Gasteiger partial charge in [-0.2, -0.15) is 0 Å². The first-order valence-electron chi connectivity index (χ1n) is 11.4. The van der Waals surface area contributed by atoms with Crippen molar-refractivity contribution in [2.75, 3.05) is 17.2 Å². The number of nitro groups is 1. The monoisotopic (exact) mass is 487 g/mol. The lowest BCUT2D eigenvalue weighted by molar-refractivity contribution is -0.383. The van der Waals surface area contributed by atoms with Crippen LogP contribution < -0.4 is 10.6 Å². The second-order valence-corrected chi connectivity index (χ2v) is 9.02. The summed E-state index contributed by atoms with van der Waals surface area (Å²) in [5.74, 6) is -0.201. The molecule has 0 aliphatic heterocycles. The van der Waals surface area contributed by atoms with Crippen LogP contribution in [0.3, 0.4) is 0 Å². The van der Waals surface area contributed by atoms with Gasteiger partial charge in [-0.25, -0.2) is 4.79 Å². The molecule has 1 heterocycles. The molecule has 0 unspecified atom stereocenters. The molecule has 1 fully saturated rings. The molecule has 1 amide bonds. The highest BCUT2D eigenvalue weighted by Crippen LogP contribution is 2.41. The molecule has 11 heteroatoms. The molecule has 10 nitrogen and oxygen atoms in total. The summed E-state index contributed by atoms with van der Waals surface area (Å²) in [6.07, 6.45) is 5.38. The molecular formula is C23H29N5O5S. The number of hydrogen-bond donors (Lipinski definition) is 2. The SMILES string of the molecule is CCOC(=O)Nc1c(N=Nc2sc(C(=O)CC)cc2[N+](=O)[O-])ccc(NC2CCCCC2)c1C. The van der Waals surface area contributed by atoms with Crippen LogP contribution in [0.4, 0.5) is 32.5 Å². The van der Waals surface area contributed by atoms with Gasteiger partial charge in [0.05, 0.1) is 22.1 Å². The molecule has 182 valence electrons. The summed E-state index contributed by atoms with van der Waals surface area (Å²) in [6, 6.07) is 5.15. The molecule has 0 radical (unpaired) electrons. The summed E-state index contributed by atoms with van der Waals surface area (Å²) >= 11 is 0.922. The predicted octanol–water partition coefficient (Wildman–Crippen LogP) is 7.29. The van der Waals surface area contributed by atoms with Gasteiger partial charge in [0, 0.05) is 24.2 Å². The van der Waals surface area contributed by atoms with Crippen molar-refractivity contribution in [2.24, 2.45) is 10.2 Å². The summed E-state index contributed by atoms with van der Waals surface area (Å²) < 4.78 is 5.03. The number of azo groups is 1. The number of nitrogens with one attached hydrogen (secondary N) is 2.